The summed E-state index contributed by atoms with van der Waals surface area (Å²) >= 11 is 0. The van der Waals surface area contributed by atoms with Gasteiger partial charge in [0.2, 0.25) is 0 Å². The van der Waals surface area contributed by atoms with Crippen molar-refractivity contribution in [1.29, 1.82) is 0 Å². The fourth-order valence-electron chi connectivity index (χ4n) is 1.46. The average molecular weight is 270 g/mol. The van der Waals surface area contributed by atoms with Crippen LogP contribution in [0.5, 0.6) is 11.5 Å². The van der Waals surface area contributed by atoms with Gasteiger partial charge in [0.15, 0.2) is 11.5 Å². The van der Waals surface area contributed by atoms with Crippen LogP contribution in [0, 0.1) is 0 Å². The van der Waals surface area contributed by atoms with E-state index in [9.17, 15) is 9.59 Å². The Morgan fingerprint density at radius 3 is 2.00 bits per heavy atom. The molecular weight excluding hydrogens is 256 g/mol. The van der Waals surface area contributed by atoms with Gasteiger partial charge in [0, 0.05) is 17.7 Å². The van der Waals surface area contributed by atoms with Gasteiger partial charge in [-0.3, -0.25) is 0 Å². The molecule has 20 heavy (non-hydrogen) atoms. The number of benzene rings is 1. The van der Waals surface area contributed by atoms with Gasteiger partial charge < -0.3 is 9.47 Å². The Morgan fingerprint density at radius 2 is 1.50 bits per heavy atom. The van der Waals surface area contributed by atoms with Gasteiger partial charge in [0.1, 0.15) is 0 Å². The summed E-state index contributed by atoms with van der Waals surface area (Å²) in [6, 6.07) is 3.16. The first-order valence-electron chi connectivity index (χ1n) is 5.67. The van der Waals surface area contributed by atoms with E-state index in [-0.39, 0.29) is 11.5 Å². The minimum absolute atomic E-state index is 0.0810. The van der Waals surface area contributed by atoms with Crippen LogP contribution in [0.4, 0.5) is 0 Å². The molecule has 0 heterocycles. The van der Waals surface area contributed by atoms with E-state index in [2.05, 4.69) is 26.3 Å². The lowest BCUT2D eigenvalue weighted by atomic mass is 10.1. The van der Waals surface area contributed by atoms with Gasteiger partial charge in [-0.1, -0.05) is 44.5 Å². The van der Waals surface area contributed by atoms with Crippen molar-refractivity contribution >= 4 is 24.1 Å². The van der Waals surface area contributed by atoms with Crippen molar-refractivity contribution in [3.05, 3.63) is 61.7 Å². The first kappa shape index (κ1) is 15.2. The van der Waals surface area contributed by atoms with Gasteiger partial charge in [-0.05, 0) is 11.6 Å². The summed E-state index contributed by atoms with van der Waals surface area (Å²) in [5.41, 5.74) is 1.18. The molecule has 1 aromatic carbocycles. The highest BCUT2D eigenvalue weighted by molar-refractivity contribution is 5.88. The van der Waals surface area contributed by atoms with E-state index in [4.69, 9.17) is 9.47 Å². The average Bonchev–Trinajstić information content (AvgIpc) is 2.47. The summed E-state index contributed by atoms with van der Waals surface area (Å²) in [7, 11) is 0. The minimum Gasteiger partial charge on any atom is -0.419 e. The predicted molar refractivity (Wildman–Crippen MR) is 78.3 cm³/mol. The van der Waals surface area contributed by atoms with E-state index in [1.54, 1.807) is 12.1 Å². The summed E-state index contributed by atoms with van der Waals surface area (Å²) < 4.78 is 10.1. The topological polar surface area (TPSA) is 52.6 Å². The van der Waals surface area contributed by atoms with E-state index in [0.717, 1.165) is 12.2 Å². The van der Waals surface area contributed by atoms with Gasteiger partial charge in [0.25, 0.3) is 0 Å². The monoisotopic (exact) mass is 270 g/mol. The molecule has 0 bridgehead atoms. The Labute approximate surface area is 117 Å². The van der Waals surface area contributed by atoms with E-state index >= 15 is 0 Å². The molecule has 0 saturated heterocycles. The zero-order valence-electron chi connectivity index (χ0n) is 10.9. The maximum atomic E-state index is 11.4. The Hall–Kier alpha value is -2.88. The molecule has 0 fully saturated rings. The number of carbonyl (C=O) groups excluding carboxylic acids is 2. The molecule has 0 amide bonds. The van der Waals surface area contributed by atoms with Crippen molar-refractivity contribution in [2.45, 2.75) is 0 Å². The third kappa shape index (κ3) is 3.32. The van der Waals surface area contributed by atoms with Crippen LogP contribution in [-0.2, 0) is 9.59 Å². The first-order valence-corrected chi connectivity index (χ1v) is 5.67. The highest BCUT2D eigenvalue weighted by Gasteiger charge is 2.16. The number of rotatable bonds is 6. The van der Waals surface area contributed by atoms with Crippen LogP contribution in [0.3, 0.4) is 0 Å². The van der Waals surface area contributed by atoms with Crippen LogP contribution in [0.1, 0.15) is 11.1 Å². The van der Waals surface area contributed by atoms with Crippen molar-refractivity contribution in [2.24, 2.45) is 0 Å². The number of hydrogen-bond donors (Lipinski definition) is 0. The molecule has 0 aromatic heterocycles. The van der Waals surface area contributed by atoms with E-state index in [1.807, 2.05) is 0 Å². The molecule has 0 N–H and O–H groups in total. The molecule has 0 atom stereocenters. The Morgan fingerprint density at radius 1 is 0.900 bits per heavy atom. The number of esters is 2. The van der Waals surface area contributed by atoms with Crippen LogP contribution < -0.4 is 9.47 Å². The second-order valence-corrected chi connectivity index (χ2v) is 3.55. The minimum atomic E-state index is -0.676. The number of ether oxygens (including phenoxy) is 2. The van der Waals surface area contributed by atoms with Gasteiger partial charge in [-0.15, -0.1) is 0 Å². The molecule has 4 heteroatoms. The quantitative estimate of drug-likeness (QED) is 0.452. The third-order valence-corrected chi connectivity index (χ3v) is 2.36. The van der Waals surface area contributed by atoms with Crippen LogP contribution in [0.25, 0.3) is 12.2 Å². The second-order valence-electron chi connectivity index (χ2n) is 3.55. The molecule has 0 spiro atoms. The molecule has 1 aromatic rings. The molecule has 1 rings (SSSR count). The second kappa shape index (κ2) is 6.89. The van der Waals surface area contributed by atoms with E-state index in [1.165, 1.54) is 12.1 Å². The van der Waals surface area contributed by atoms with E-state index < -0.39 is 11.9 Å². The summed E-state index contributed by atoms with van der Waals surface area (Å²) in [5.74, 6) is -1.17. The number of carbonyl (C=O) groups is 2. The lowest BCUT2D eigenvalue weighted by Crippen LogP contribution is -2.10. The molecule has 0 aliphatic rings. The lowest BCUT2D eigenvalue weighted by Gasteiger charge is -2.13. The third-order valence-electron chi connectivity index (χ3n) is 2.36. The van der Waals surface area contributed by atoms with Gasteiger partial charge in [-0.2, -0.15) is 0 Å². The van der Waals surface area contributed by atoms with Gasteiger partial charge >= 0.3 is 11.9 Å². The highest BCUT2D eigenvalue weighted by Crippen LogP contribution is 2.35. The Balaban J connectivity index is 3.41. The fraction of sp³-hybridized carbons (Fsp3) is 0. The molecule has 0 aliphatic heterocycles. The van der Waals surface area contributed by atoms with Crippen LogP contribution in [-0.4, -0.2) is 11.9 Å². The fourth-order valence-corrected chi connectivity index (χ4v) is 1.46. The number of hydrogen-bond acceptors (Lipinski definition) is 4. The Bertz CT molecular complexity index is 597. The van der Waals surface area contributed by atoms with Crippen LogP contribution >= 0.6 is 0 Å². The van der Waals surface area contributed by atoms with Crippen molar-refractivity contribution < 1.29 is 19.1 Å². The SMILES string of the molecule is C=CC(=O)Oc1ccc(C=C)c(C=C)c1OC(=O)C=C. The summed E-state index contributed by atoms with van der Waals surface area (Å²) in [6.07, 6.45) is 5.07. The van der Waals surface area contributed by atoms with Gasteiger partial charge in [-0.25, -0.2) is 9.59 Å². The standard InChI is InChI=1S/C16H14O4/c1-5-11-9-10-13(19-14(17)7-3)16(12(11)6-2)20-15(18)8-4/h5-10H,1-4H2. The maximum absolute atomic E-state index is 11.4. The van der Waals surface area contributed by atoms with Crippen LogP contribution in [0.2, 0.25) is 0 Å². The first-order chi connectivity index (χ1) is 9.57. The largest absolute Gasteiger partial charge is 0.419 e. The molecule has 102 valence electrons. The van der Waals surface area contributed by atoms with Crippen molar-refractivity contribution in [2.75, 3.05) is 0 Å². The highest BCUT2D eigenvalue weighted by atomic mass is 16.6. The Kier molecular flexibility index (Phi) is 5.23. The molecule has 0 aliphatic carbocycles. The van der Waals surface area contributed by atoms with Crippen molar-refractivity contribution in [1.82, 2.24) is 0 Å². The predicted octanol–water partition coefficient (Wildman–Crippen LogP) is 3.16. The smallest absolute Gasteiger partial charge is 0.335 e. The maximum Gasteiger partial charge on any atom is 0.335 e. The normalized spacial score (nSPS) is 9.20. The molecule has 4 nitrogen and oxygen atoms in total. The molecule has 0 unspecified atom stereocenters. The van der Waals surface area contributed by atoms with Crippen molar-refractivity contribution in [3.63, 3.8) is 0 Å². The molecule has 0 saturated carbocycles. The summed E-state index contributed by atoms with van der Waals surface area (Å²) in [5, 5.41) is 0. The van der Waals surface area contributed by atoms with Crippen LogP contribution in [0.15, 0.2) is 50.6 Å². The van der Waals surface area contributed by atoms with E-state index in [0.29, 0.717) is 11.1 Å². The zero-order chi connectivity index (χ0) is 15.1. The molecule has 0 radical (unpaired) electrons. The zero-order valence-corrected chi connectivity index (χ0v) is 10.9. The summed E-state index contributed by atoms with van der Waals surface area (Å²) in [4.78, 5) is 22.7. The molecular formula is C16H14O4. The summed E-state index contributed by atoms with van der Waals surface area (Å²) in [6.45, 7) is 13.9. The van der Waals surface area contributed by atoms with Gasteiger partial charge in [0.05, 0.1) is 0 Å². The van der Waals surface area contributed by atoms with Crippen molar-refractivity contribution in [3.8, 4) is 11.5 Å². The lowest BCUT2D eigenvalue weighted by molar-refractivity contribution is -0.131.